The Balaban J connectivity index is 1.78. The quantitative estimate of drug-likeness (QED) is 0.739. The first-order valence-electron chi connectivity index (χ1n) is 10.3. The van der Waals surface area contributed by atoms with Crippen molar-refractivity contribution < 1.29 is 23.8 Å². The van der Waals surface area contributed by atoms with Gasteiger partial charge in [-0.3, -0.25) is 4.79 Å². The van der Waals surface area contributed by atoms with E-state index in [4.69, 9.17) is 19.9 Å². The van der Waals surface area contributed by atoms with Gasteiger partial charge in [-0.1, -0.05) is 42.5 Å². The van der Waals surface area contributed by atoms with Crippen LogP contribution < -0.4 is 10.5 Å². The van der Waals surface area contributed by atoms with Crippen LogP contribution in [0.5, 0.6) is 5.75 Å². The van der Waals surface area contributed by atoms with Crippen molar-refractivity contribution in [1.29, 1.82) is 0 Å². The van der Waals surface area contributed by atoms with Gasteiger partial charge in [-0.2, -0.15) is 0 Å². The van der Waals surface area contributed by atoms with Crippen LogP contribution in [0.15, 0.2) is 77.4 Å². The maximum Gasteiger partial charge on any atom is 0.340 e. The molecule has 6 heteroatoms. The Morgan fingerprint density at radius 3 is 2.42 bits per heavy atom. The minimum atomic E-state index is -0.643. The zero-order valence-corrected chi connectivity index (χ0v) is 17.6. The van der Waals surface area contributed by atoms with Crippen molar-refractivity contribution in [2.45, 2.75) is 31.6 Å². The van der Waals surface area contributed by atoms with Gasteiger partial charge in [0, 0.05) is 18.4 Å². The third-order valence-corrected chi connectivity index (χ3v) is 5.74. The van der Waals surface area contributed by atoms with Crippen molar-refractivity contribution in [2.24, 2.45) is 5.73 Å². The molecule has 6 nitrogen and oxygen atoms in total. The summed E-state index contributed by atoms with van der Waals surface area (Å²) >= 11 is 0. The maximum atomic E-state index is 13.4. The van der Waals surface area contributed by atoms with Gasteiger partial charge in [-0.05, 0) is 36.1 Å². The average molecular weight is 419 g/mol. The van der Waals surface area contributed by atoms with Gasteiger partial charge in [0.2, 0.25) is 5.88 Å². The summed E-state index contributed by atoms with van der Waals surface area (Å²) in [4.78, 5) is 25.9. The Morgan fingerprint density at radius 2 is 1.77 bits per heavy atom. The van der Waals surface area contributed by atoms with E-state index >= 15 is 0 Å². The third-order valence-electron chi connectivity index (χ3n) is 5.74. The molecule has 2 unspecified atom stereocenters. The van der Waals surface area contributed by atoms with Crippen LogP contribution in [0.3, 0.4) is 0 Å². The van der Waals surface area contributed by atoms with Crippen molar-refractivity contribution in [2.75, 3.05) is 13.7 Å². The number of carbonyl (C=O) groups excluding carboxylic acids is 2. The molecular weight excluding hydrogens is 394 g/mol. The first-order chi connectivity index (χ1) is 15.0. The van der Waals surface area contributed by atoms with Gasteiger partial charge in [0.1, 0.15) is 17.1 Å². The van der Waals surface area contributed by atoms with Crippen LogP contribution in [0, 0.1) is 0 Å². The molecule has 0 saturated carbocycles. The summed E-state index contributed by atoms with van der Waals surface area (Å²) in [5.74, 6) is -0.0934. The largest absolute Gasteiger partial charge is 0.494 e. The fourth-order valence-electron chi connectivity index (χ4n) is 4.33. The van der Waals surface area contributed by atoms with Gasteiger partial charge in [0.05, 0.1) is 19.6 Å². The summed E-state index contributed by atoms with van der Waals surface area (Å²) in [6, 6.07) is 17.2. The Hall–Kier alpha value is -3.54. The SMILES string of the molecule is CCOc1ccc(C2C(C(=O)OC)=C(N)OC3=C2C(=O)CC(c2ccccc2)C3)cc1. The summed E-state index contributed by atoms with van der Waals surface area (Å²) in [5, 5.41) is 0. The average Bonchev–Trinajstić information content (AvgIpc) is 2.79. The van der Waals surface area contributed by atoms with Crippen LogP contribution in [0.1, 0.15) is 42.7 Å². The van der Waals surface area contributed by atoms with E-state index < -0.39 is 11.9 Å². The fraction of sp³-hybridized carbons (Fsp3) is 0.280. The minimum absolute atomic E-state index is 0.000840. The molecule has 2 aliphatic rings. The van der Waals surface area contributed by atoms with E-state index in [0.29, 0.717) is 36.5 Å². The van der Waals surface area contributed by atoms with Crippen molar-refractivity contribution in [3.8, 4) is 5.75 Å². The van der Waals surface area contributed by atoms with Crippen LogP contribution in [0.4, 0.5) is 0 Å². The molecule has 1 heterocycles. The van der Waals surface area contributed by atoms with E-state index in [1.807, 2.05) is 61.5 Å². The highest BCUT2D eigenvalue weighted by molar-refractivity contribution is 6.03. The highest BCUT2D eigenvalue weighted by Crippen LogP contribution is 2.47. The van der Waals surface area contributed by atoms with E-state index in [9.17, 15) is 9.59 Å². The molecule has 31 heavy (non-hydrogen) atoms. The van der Waals surface area contributed by atoms with Crippen molar-refractivity contribution >= 4 is 11.8 Å². The molecule has 2 aromatic carbocycles. The van der Waals surface area contributed by atoms with Crippen molar-refractivity contribution in [1.82, 2.24) is 0 Å². The predicted molar refractivity (Wildman–Crippen MR) is 115 cm³/mol. The lowest BCUT2D eigenvalue weighted by Gasteiger charge is -2.35. The number of nitrogens with two attached hydrogens (primary N) is 1. The monoisotopic (exact) mass is 419 g/mol. The molecule has 0 saturated heterocycles. The van der Waals surface area contributed by atoms with E-state index in [1.54, 1.807) is 0 Å². The van der Waals surface area contributed by atoms with Crippen LogP contribution in [-0.4, -0.2) is 25.5 Å². The molecule has 0 spiro atoms. The highest BCUT2D eigenvalue weighted by Gasteiger charge is 2.43. The Bertz CT molecular complexity index is 1050. The van der Waals surface area contributed by atoms with E-state index in [-0.39, 0.29) is 23.2 Å². The molecule has 0 radical (unpaired) electrons. The summed E-state index contributed by atoms with van der Waals surface area (Å²) in [6.07, 6.45) is 0.877. The molecule has 1 aliphatic carbocycles. The normalized spacial score (nSPS) is 20.8. The molecule has 0 amide bonds. The fourth-order valence-corrected chi connectivity index (χ4v) is 4.33. The molecule has 0 fully saturated rings. The molecule has 2 N–H and O–H groups in total. The van der Waals surface area contributed by atoms with Gasteiger partial charge in [-0.25, -0.2) is 4.79 Å². The number of hydrogen-bond donors (Lipinski definition) is 1. The van der Waals surface area contributed by atoms with Crippen LogP contribution in [-0.2, 0) is 19.1 Å². The van der Waals surface area contributed by atoms with Gasteiger partial charge < -0.3 is 19.9 Å². The van der Waals surface area contributed by atoms with Crippen molar-refractivity contribution in [3.63, 3.8) is 0 Å². The standard InChI is InChI=1S/C25H25NO5/c1-3-30-18-11-9-16(10-12-18)21-22-19(27)13-17(15-7-5-4-6-8-15)14-20(22)31-24(26)23(21)25(28)29-2/h4-12,17,21H,3,13-14,26H2,1-2H3. The lowest BCUT2D eigenvalue weighted by Crippen LogP contribution is -2.32. The number of allylic oxidation sites excluding steroid dienone is 2. The van der Waals surface area contributed by atoms with Crippen LogP contribution in [0.25, 0.3) is 0 Å². The number of carbonyl (C=O) groups is 2. The maximum absolute atomic E-state index is 13.4. The molecule has 1 aliphatic heterocycles. The van der Waals surface area contributed by atoms with E-state index in [2.05, 4.69) is 0 Å². The molecule has 0 bridgehead atoms. The second-order valence-corrected chi connectivity index (χ2v) is 7.58. The number of rotatable bonds is 5. The Morgan fingerprint density at radius 1 is 1.06 bits per heavy atom. The highest BCUT2D eigenvalue weighted by atomic mass is 16.5. The zero-order valence-electron chi connectivity index (χ0n) is 17.6. The smallest absolute Gasteiger partial charge is 0.340 e. The number of ketones is 1. The second-order valence-electron chi connectivity index (χ2n) is 7.58. The molecule has 160 valence electrons. The lowest BCUT2D eigenvalue weighted by molar-refractivity contribution is -0.136. The minimum Gasteiger partial charge on any atom is -0.494 e. The summed E-state index contributed by atoms with van der Waals surface area (Å²) in [5.41, 5.74) is 8.64. The first-order valence-corrected chi connectivity index (χ1v) is 10.3. The van der Waals surface area contributed by atoms with Gasteiger partial charge in [-0.15, -0.1) is 0 Å². The zero-order chi connectivity index (χ0) is 22.0. The number of esters is 1. The molecular formula is C25H25NO5. The number of ether oxygens (including phenoxy) is 3. The number of methoxy groups -OCH3 is 1. The van der Waals surface area contributed by atoms with Crippen LogP contribution >= 0.6 is 0 Å². The lowest BCUT2D eigenvalue weighted by atomic mass is 9.73. The summed E-state index contributed by atoms with van der Waals surface area (Å²) in [7, 11) is 1.29. The van der Waals surface area contributed by atoms with Crippen molar-refractivity contribution in [3.05, 3.63) is 88.5 Å². The molecule has 0 aromatic heterocycles. The van der Waals surface area contributed by atoms with Gasteiger partial charge in [0.25, 0.3) is 0 Å². The Kier molecular flexibility index (Phi) is 5.80. The molecule has 4 rings (SSSR count). The van der Waals surface area contributed by atoms with E-state index in [0.717, 1.165) is 11.1 Å². The number of Topliss-reactive ketones (excluding diaryl/α,β-unsaturated/α-hetero) is 1. The van der Waals surface area contributed by atoms with Gasteiger partial charge >= 0.3 is 5.97 Å². The number of hydrogen-bond acceptors (Lipinski definition) is 6. The predicted octanol–water partition coefficient (Wildman–Crippen LogP) is 3.94. The van der Waals surface area contributed by atoms with Gasteiger partial charge in [0.15, 0.2) is 5.78 Å². The first kappa shape index (κ1) is 20.7. The number of benzene rings is 2. The van der Waals surface area contributed by atoms with E-state index in [1.165, 1.54) is 7.11 Å². The summed E-state index contributed by atoms with van der Waals surface area (Å²) < 4.78 is 16.3. The topological polar surface area (TPSA) is 87.8 Å². The summed E-state index contributed by atoms with van der Waals surface area (Å²) in [6.45, 7) is 2.46. The second kappa shape index (κ2) is 8.68. The Labute approximate surface area is 181 Å². The molecule has 2 aromatic rings. The molecule has 2 atom stereocenters. The van der Waals surface area contributed by atoms with Crippen LogP contribution in [0.2, 0.25) is 0 Å². The third kappa shape index (κ3) is 3.93.